The van der Waals surface area contributed by atoms with Gasteiger partial charge in [0.25, 0.3) is 0 Å². The number of carboxylic acids is 1. The molecule has 2 heterocycles. The van der Waals surface area contributed by atoms with E-state index in [2.05, 4.69) is 4.98 Å². The van der Waals surface area contributed by atoms with Gasteiger partial charge in [-0.05, 0) is 26.0 Å². The van der Waals surface area contributed by atoms with Gasteiger partial charge in [-0.1, -0.05) is 0 Å². The molecule has 1 fully saturated rings. The molecule has 1 aliphatic heterocycles. The number of aromatic nitrogens is 2. The molecule has 2 rings (SSSR count). The molecule has 0 spiro atoms. The van der Waals surface area contributed by atoms with Crippen LogP contribution in [-0.4, -0.2) is 32.1 Å². The molecule has 1 aromatic rings. The molecule has 0 radical (unpaired) electrons. The molecule has 1 aromatic heterocycles. The fourth-order valence-corrected chi connectivity index (χ4v) is 3.57. The van der Waals surface area contributed by atoms with E-state index in [-0.39, 0.29) is 18.2 Å². The maximum absolute atomic E-state index is 12.0. The average Bonchev–Trinajstić information content (AvgIpc) is 2.77. The fourth-order valence-electron chi connectivity index (χ4n) is 2.38. The third-order valence-corrected chi connectivity index (χ3v) is 4.45. The van der Waals surface area contributed by atoms with Gasteiger partial charge in [0.2, 0.25) is 0 Å². The van der Waals surface area contributed by atoms with Crippen molar-refractivity contribution in [3.63, 3.8) is 0 Å². The van der Waals surface area contributed by atoms with Crippen molar-refractivity contribution in [3.8, 4) is 0 Å². The van der Waals surface area contributed by atoms with Gasteiger partial charge < -0.3 is 5.11 Å². The lowest BCUT2D eigenvalue weighted by Gasteiger charge is -2.19. The molecule has 0 saturated carbocycles. The first-order valence-electron chi connectivity index (χ1n) is 5.89. The number of hydrogen-bond donors (Lipinski definition) is 1. The smallest absolute Gasteiger partial charge is 0.348 e. The summed E-state index contributed by atoms with van der Waals surface area (Å²) in [5.41, 5.74) is 1.69. The van der Waals surface area contributed by atoms with Crippen LogP contribution in [0.1, 0.15) is 29.4 Å². The van der Waals surface area contributed by atoms with Crippen LogP contribution in [0.2, 0.25) is 0 Å². The second kappa shape index (κ2) is 5.14. The van der Waals surface area contributed by atoms with E-state index in [0.717, 1.165) is 23.6 Å². The Balaban J connectivity index is 2.52. The Labute approximate surface area is 109 Å². The maximum atomic E-state index is 12.0. The molecular weight excluding hydrogens is 252 g/mol. The molecule has 98 valence electrons. The molecule has 6 heteroatoms. The number of carboxylic acid groups (broad SMARTS) is 1. The molecule has 1 aliphatic rings. The molecule has 0 amide bonds. The molecule has 0 aromatic carbocycles. The molecule has 1 N–H and O–H groups in total. The first-order chi connectivity index (χ1) is 8.50. The van der Waals surface area contributed by atoms with Crippen LogP contribution >= 0.6 is 11.8 Å². The van der Waals surface area contributed by atoms with Crippen LogP contribution in [0.3, 0.4) is 0 Å². The van der Waals surface area contributed by atoms with Crippen LogP contribution in [0, 0.1) is 13.8 Å². The highest BCUT2D eigenvalue weighted by Gasteiger charge is 2.23. The molecule has 5 nitrogen and oxygen atoms in total. The Morgan fingerprint density at radius 3 is 2.83 bits per heavy atom. The highest BCUT2D eigenvalue weighted by atomic mass is 32.2. The number of hydrogen-bond acceptors (Lipinski definition) is 4. The number of aryl methyl sites for hydroxylation is 1. The largest absolute Gasteiger partial charge is 0.481 e. The summed E-state index contributed by atoms with van der Waals surface area (Å²) in [7, 11) is 0. The number of rotatable bonds is 3. The Hall–Kier alpha value is -1.30. The number of aliphatic carboxylic acids is 1. The monoisotopic (exact) mass is 268 g/mol. The second-order valence-corrected chi connectivity index (χ2v) is 5.65. The van der Waals surface area contributed by atoms with E-state index in [4.69, 9.17) is 5.11 Å². The fraction of sp³-hybridized carbons (Fsp3) is 0.583. The number of thioether (sulfide) groups is 1. The minimum atomic E-state index is -0.894. The predicted molar refractivity (Wildman–Crippen MR) is 70.3 cm³/mol. The summed E-state index contributed by atoms with van der Waals surface area (Å²) in [6, 6.07) is 0.156. The Morgan fingerprint density at radius 1 is 1.56 bits per heavy atom. The maximum Gasteiger partial charge on any atom is 0.348 e. The minimum Gasteiger partial charge on any atom is -0.481 e. The SMILES string of the molecule is Cc1nc(=O)n(C2CCSC2)c(C)c1CC(=O)O. The van der Waals surface area contributed by atoms with Crippen LogP contribution in [0.25, 0.3) is 0 Å². The lowest BCUT2D eigenvalue weighted by Crippen LogP contribution is -2.31. The van der Waals surface area contributed by atoms with E-state index in [1.54, 1.807) is 11.5 Å². The average molecular weight is 268 g/mol. The van der Waals surface area contributed by atoms with Gasteiger partial charge in [0.05, 0.1) is 6.42 Å². The van der Waals surface area contributed by atoms with Crippen LogP contribution in [0.15, 0.2) is 4.79 Å². The van der Waals surface area contributed by atoms with Gasteiger partial charge in [0.15, 0.2) is 0 Å². The van der Waals surface area contributed by atoms with Gasteiger partial charge in [-0.2, -0.15) is 16.7 Å². The molecule has 0 bridgehead atoms. The highest BCUT2D eigenvalue weighted by molar-refractivity contribution is 7.99. The van der Waals surface area contributed by atoms with Gasteiger partial charge in [0.1, 0.15) is 0 Å². The highest BCUT2D eigenvalue weighted by Crippen LogP contribution is 2.28. The molecule has 18 heavy (non-hydrogen) atoms. The lowest BCUT2D eigenvalue weighted by atomic mass is 10.1. The Kier molecular flexibility index (Phi) is 3.75. The van der Waals surface area contributed by atoms with Crippen molar-refractivity contribution in [2.75, 3.05) is 11.5 Å². The third-order valence-electron chi connectivity index (χ3n) is 3.30. The van der Waals surface area contributed by atoms with Crippen molar-refractivity contribution in [2.45, 2.75) is 32.7 Å². The van der Waals surface area contributed by atoms with Crippen LogP contribution in [-0.2, 0) is 11.2 Å². The standard InChI is InChI=1S/C12H16N2O3S/c1-7-10(5-11(15)16)8(2)14(12(17)13-7)9-3-4-18-6-9/h9H,3-6H2,1-2H3,(H,15,16). The van der Waals surface area contributed by atoms with E-state index >= 15 is 0 Å². The van der Waals surface area contributed by atoms with Crippen molar-refractivity contribution in [3.05, 3.63) is 27.4 Å². The van der Waals surface area contributed by atoms with Crippen LogP contribution in [0.4, 0.5) is 0 Å². The van der Waals surface area contributed by atoms with E-state index < -0.39 is 5.97 Å². The second-order valence-electron chi connectivity index (χ2n) is 4.50. The van der Waals surface area contributed by atoms with E-state index in [1.807, 2.05) is 18.7 Å². The summed E-state index contributed by atoms with van der Waals surface area (Å²) in [4.78, 5) is 26.8. The van der Waals surface area contributed by atoms with Crippen molar-refractivity contribution in [2.24, 2.45) is 0 Å². The summed E-state index contributed by atoms with van der Waals surface area (Å²) >= 11 is 1.81. The third kappa shape index (κ3) is 2.43. The van der Waals surface area contributed by atoms with Crippen molar-refractivity contribution in [1.82, 2.24) is 9.55 Å². The van der Waals surface area contributed by atoms with Crippen molar-refractivity contribution >= 4 is 17.7 Å². The minimum absolute atomic E-state index is 0.0786. The number of nitrogens with zero attached hydrogens (tertiary/aromatic N) is 2. The van der Waals surface area contributed by atoms with E-state index in [1.165, 1.54) is 0 Å². The molecule has 1 saturated heterocycles. The molecular formula is C12H16N2O3S. The van der Waals surface area contributed by atoms with E-state index in [0.29, 0.717) is 11.3 Å². The van der Waals surface area contributed by atoms with Gasteiger partial charge in [-0.15, -0.1) is 0 Å². The molecule has 0 aliphatic carbocycles. The quantitative estimate of drug-likeness (QED) is 0.890. The Morgan fingerprint density at radius 2 is 2.28 bits per heavy atom. The summed E-state index contributed by atoms with van der Waals surface area (Å²) in [5, 5.41) is 8.92. The Bertz CT molecular complexity index is 533. The first-order valence-corrected chi connectivity index (χ1v) is 7.04. The number of carbonyl (C=O) groups is 1. The lowest BCUT2D eigenvalue weighted by molar-refractivity contribution is -0.136. The summed E-state index contributed by atoms with van der Waals surface area (Å²) in [6.07, 6.45) is 0.869. The normalized spacial score (nSPS) is 19.1. The zero-order valence-electron chi connectivity index (χ0n) is 10.5. The van der Waals surface area contributed by atoms with Crippen LogP contribution in [0.5, 0.6) is 0 Å². The summed E-state index contributed by atoms with van der Waals surface area (Å²) in [6.45, 7) is 3.51. The van der Waals surface area contributed by atoms with E-state index in [9.17, 15) is 9.59 Å². The first kappa shape index (κ1) is 13.1. The summed E-state index contributed by atoms with van der Waals surface area (Å²) in [5.74, 6) is 1.05. The topological polar surface area (TPSA) is 72.2 Å². The van der Waals surface area contributed by atoms with Crippen molar-refractivity contribution < 1.29 is 9.90 Å². The molecule has 1 unspecified atom stereocenters. The predicted octanol–water partition coefficient (Wildman–Crippen LogP) is 1.17. The zero-order valence-corrected chi connectivity index (χ0v) is 11.3. The van der Waals surface area contributed by atoms with Crippen molar-refractivity contribution in [1.29, 1.82) is 0 Å². The zero-order chi connectivity index (χ0) is 13.3. The summed E-state index contributed by atoms with van der Waals surface area (Å²) < 4.78 is 1.67. The van der Waals surface area contributed by atoms with Crippen LogP contribution < -0.4 is 5.69 Å². The van der Waals surface area contributed by atoms with Gasteiger partial charge >= 0.3 is 11.7 Å². The van der Waals surface area contributed by atoms with Gasteiger partial charge in [-0.3, -0.25) is 9.36 Å². The van der Waals surface area contributed by atoms with Gasteiger partial charge in [0, 0.05) is 28.7 Å². The van der Waals surface area contributed by atoms with Gasteiger partial charge in [-0.25, -0.2) is 4.79 Å². The molecule has 1 atom stereocenters.